The molecule has 0 saturated heterocycles. The van der Waals surface area contributed by atoms with Gasteiger partial charge in [0.15, 0.2) is 0 Å². The van der Waals surface area contributed by atoms with E-state index in [1.54, 1.807) is 13.8 Å². The van der Waals surface area contributed by atoms with E-state index in [2.05, 4.69) is 14.9 Å². The van der Waals surface area contributed by atoms with Crippen molar-refractivity contribution >= 4 is 21.4 Å². The molecule has 0 fully saturated rings. The Morgan fingerprint density at radius 1 is 1.30 bits per heavy atom. The van der Waals surface area contributed by atoms with Crippen LogP contribution in [0.1, 0.15) is 11.1 Å². The van der Waals surface area contributed by atoms with Crippen molar-refractivity contribution in [2.75, 3.05) is 4.72 Å². The number of nitrogens with zero attached hydrogens (tertiary/aromatic N) is 2. The van der Waals surface area contributed by atoms with Crippen LogP contribution >= 0.6 is 0 Å². The van der Waals surface area contributed by atoms with Gasteiger partial charge in [-0.2, -0.15) is 5.10 Å². The van der Waals surface area contributed by atoms with E-state index in [0.29, 0.717) is 5.56 Å². The molecule has 0 radical (unpaired) electrons. The SMILES string of the molecule is Cc1cc(NS(=O)(=O)c2cn[nH]c2)c([N+](=O)[O-])cc1C. The van der Waals surface area contributed by atoms with E-state index in [1.807, 2.05) is 0 Å². The predicted molar refractivity (Wildman–Crippen MR) is 72.0 cm³/mol. The molecule has 0 bridgehead atoms. The van der Waals surface area contributed by atoms with Gasteiger partial charge in [-0.05, 0) is 31.0 Å². The maximum atomic E-state index is 12.0. The number of aryl methyl sites for hydroxylation is 2. The third kappa shape index (κ3) is 2.62. The molecule has 1 aromatic heterocycles. The lowest BCUT2D eigenvalue weighted by Crippen LogP contribution is -2.13. The van der Waals surface area contributed by atoms with Gasteiger partial charge in [0.2, 0.25) is 0 Å². The highest BCUT2D eigenvalue weighted by molar-refractivity contribution is 7.92. The molecule has 106 valence electrons. The van der Waals surface area contributed by atoms with Gasteiger partial charge in [0.1, 0.15) is 10.6 Å². The summed E-state index contributed by atoms with van der Waals surface area (Å²) in [5, 5.41) is 16.9. The first-order valence-corrected chi connectivity index (χ1v) is 7.07. The van der Waals surface area contributed by atoms with Crippen LogP contribution in [0.4, 0.5) is 11.4 Å². The maximum absolute atomic E-state index is 12.0. The molecule has 2 aromatic rings. The van der Waals surface area contributed by atoms with E-state index in [-0.39, 0.29) is 16.3 Å². The Morgan fingerprint density at radius 2 is 1.95 bits per heavy atom. The summed E-state index contributed by atoms with van der Waals surface area (Å²) in [7, 11) is -3.90. The zero-order valence-electron chi connectivity index (χ0n) is 10.7. The Bertz CT molecular complexity index is 753. The summed E-state index contributed by atoms with van der Waals surface area (Å²) in [6.45, 7) is 3.46. The molecule has 0 atom stereocenters. The average Bonchev–Trinajstić information content (AvgIpc) is 2.87. The van der Waals surface area contributed by atoms with E-state index >= 15 is 0 Å². The zero-order valence-corrected chi connectivity index (χ0v) is 11.6. The molecule has 1 aromatic carbocycles. The third-order valence-corrected chi connectivity index (χ3v) is 4.17. The number of H-pyrrole nitrogens is 1. The second-order valence-corrected chi connectivity index (χ2v) is 5.93. The fourth-order valence-corrected chi connectivity index (χ4v) is 2.59. The van der Waals surface area contributed by atoms with E-state index in [0.717, 1.165) is 11.8 Å². The number of rotatable bonds is 4. The minimum atomic E-state index is -3.90. The summed E-state index contributed by atoms with van der Waals surface area (Å²) in [6.07, 6.45) is 2.31. The summed E-state index contributed by atoms with van der Waals surface area (Å²) in [4.78, 5) is 10.3. The molecule has 0 unspecified atom stereocenters. The highest BCUT2D eigenvalue weighted by Crippen LogP contribution is 2.29. The number of anilines is 1. The molecular weight excluding hydrogens is 284 g/mol. The first-order chi connectivity index (χ1) is 9.31. The standard InChI is InChI=1S/C11H12N4O4S/c1-7-3-10(11(15(16)17)4-8(7)2)14-20(18,19)9-5-12-13-6-9/h3-6,14H,1-2H3,(H,12,13). The monoisotopic (exact) mass is 296 g/mol. The molecule has 0 aliphatic rings. The van der Waals surface area contributed by atoms with E-state index in [1.165, 1.54) is 18.3 Å². The van der Waals surface area contributed by atoms with Gasteiger partial charge in [-0.15, -0.1) is 0 Å². The average molecular weight is 296 g/mol. The molecule has 1 heterocycles. The number of aromatic nitrogens is 2. The van der Waals surface area contributed by atoms with Gasteiger partial charge in [0, 0.05) is 12.3 Å². The lowest BCUT2D eigenvalue weighted by molar-refractivity contribution is -0.383. The minimum absolute atomic E-state index is 0.0701. The minimum Gasteiger partial charge on any atom is -0.284 e. The summed E-state index contributed by atoms with van der Waals surface area (Å²) in [6, 6.07) is 2.77. The predicted octanol–water partition coefficient (Wildman–Crippen LogP) is 1.74. The first kappa shape index (κ1) is 14.0. The van der Waals surface area contributed by atoms with E-state index in [4.69, 9.17) is 0 Å². The van der Waals surface area contributed by atoms with Crippen molar-refractivity contribution in [3.63, 3.8) is 0 Å². The van der Waals surface area contributed by atoms with Gasteiger partial charge < -0.3 is 0 Å². The lowest BCUT2D eigenvalue weighted by atomic mass is 10.1. The lowest BCUT2D eigenvalue weighted by Gasteiger charge is -2.09. The Kier molecular flexibility index (Phi) is 3.45. The fourth-order valence-electron chi connectivity index (χ4n) is 1.62. The normalized spacial score (nSPS) is 11.3. The Morgan fingerprint density at radius 3 is 2.50 bits per heavy atom. The van der Waals surface area contributed by atoms with Crippen molar-refractivity contribution in [3.05, 3.63) is 45.8 Å². The molecule has 20 heavy (non-hydrogen) atoms. The number of hydrogen-bond donors (Lipinski definition) is 2. The smallest absolute Gasteiger partial charge is 0.284 e. The number of hydrogen-bond acceptors (Lipinski definition) is 5. The number of sulfonamides is 1. The molecule has 0 amide bonds. The Balaban J connectivity index is 2.49. The molecule has 0 aliphatic carbocycles. The van der Waals surface area contributed by atoms with Gasteiger partial charge >= 0.3 is 0 Å². The number of nitro benzene ring substituents is 1. The highest BCUT2D eigenvalue weighted by atomic mass is 32.2. The van der Waals surface area contributed by atoms with Crippen molar-refractivity contribution in [1.29, 1.82) is 0 Å². The maximum Gasteiger partial charge on any atom is 0.293 e. The van der Waals surface area contributed by atoms with Gasteiger partial charge in [0.05, 0.1) is 11.1 Å². The highest BCUT2D eigenvalue weighted by Gasteiger charge is 2.22. The van der Waals surface area contributed by atoms with E-state index in [9.17, 15) is 18.5 Å². The quantitative estimate of drug-likeness (QED) is 0.658. The van der Waals surface area contributed by atoms with Crippen molar-refractivity contribution in [1.82, 2.24) is 10.2 Å². The van der Waals surface area contributed by atoms with Crippen LogP contribution in [0, 0.1) is 24.0 Å². The topological polar surface area (TPSA) is 118 Å². The first-order valence-electron chi connectivity index (χ1n) is 5.58. The van der Waals surface area contributed by atoms with Gasteiger partial charge in [0.25, 0.3) is 15.7 Å². The molecule has 0 saturated carbocycles. The summed E-state index contributed by atoms with van der Waals surface area (Å²) in [5.74, 6) is 0. The van der Waals surface area contributed by atoms with Crippen LogP contribution in [0.2, 0.25) is 0 Å². The number of nitro groups is 1. The fraction of sp³-hybridized carbons (Fsp3) is 0.182. The van der Waals surface area contributed by atoms with Crippen LogP contribution in [0.5, 0.6) is 0 Å². The molecule has 9 heteroatoms. The second kappa shape index (κ2) is 4.93. The number of benzene rings is 1. The molecule has 8 nitrogen and oxygen atoms in total. The summed E-state index contributed by atoms with van der Waals surface area (Å²) < 4.78 is 26.3. The Labute approximate surface area is 115 Å². The summed E-state index contributed by atoms with van der Waals surface area (Å²) in [5.41, 5.74) is 1.10. The molecular formula is C11H12N4O4S. The van der Waals surface area contributed by atoms with Crippen LogP contribution < -0.4 is 4.72 Å². The van der Waals surface area contributed by atoms with Crippen LogP contribution in [0.3, 0.4) is 0 Å². The largest absolute Gasteiger partial charge is 0.293 e. The van der Waals surface area contributed by atoms with Crippen molar-refractivity contribution in [2.45, 2.75) is 18.7 Å². The van der Waals surface area contributed by atoms with Crippen molar-refractivity contribution in [2.24, 2.45) is 0 Å². The second-order valence-electron chi connectivity index (χ2n) is 4.25. The number of nitrogens with one attached hydrogen (secondary N) is 2. The molecule has 0 aliphatic heterocycles. The number of aromatic amines is 1. The van der Waals surface area contributed by atoms with E-state index < -0.39 is 14.9 Å². The molecule has 2 N–H and O–H groups in total. The van der Waals surface area contributed by atoms with Crippen molar-refractivity contribution < 1.29 is 13.3 Å². The van der Waals surface area contributed by atoms with Gasteiger partial charge in [-0.3, -0.25) is 19.9 Å². The molecule has 2 rings (SSSR count). The third-order valence-electron chi connectivity index (χ3n) is 2.84. The summed E-state index contributed by atoms with van der Waals surface area (Å²) >= 11 is 0. The van der Waals surface area contributed by atoms with Crippen LogP contribution in [0.25, 0.3) is 0 Å². The zero-order chi connectivity index (χ0) is 14.9. The van der Waals surface area contributed by atoms with Gasteiger partial charge in [-0.1, -0.05) is 0 Å². The Hall–Kier alpha value is -2.42. The van der Waals surface area contributed by atoms with Gasteiger partial charge in [-0.25, -0.2) is 8.42 Å². The van der Waals surface area contributed by atoms with Crippen molar-refractivity contribution in [3.8, 4) is 0 Å². The van der Waals surface area contributed by atoms with Crippen LogP contribution in [-0.4, -0.2) is 23.5 Å². The molecule has 0 spiro atoms. The van der Waals surface area contributed by atoms with Crippen LogP contribution in [-0.2, 0) is 10.0 Å². The van der Waals surface area contributed by atoms with Crippen LogP contribution in [0.15, 0.2) is 29.4 Å².